The van der Waals surface area contributed by atoms with Gasteiger partial charge in [0.15, 0.2) is 6.29 Å². The Morgan fingerprint density at radius 2 is 2.12 bits per heavy atom. The van der Waals surface area contributed by atoms with Gasteiger partial charge in [-0.2, -0.15) is 5.10 Å². The van der Waals surface area contributed by atoms with E-state index >= 15 is 0 Å². The van der Waals surface area contributed by atoms with Crippen LogP contribution in [0.15, 0.2) is 30.5 Å². The SMILES string of the molecule is CCn1cc(C=O)c(-c2ccccc2C)n1. The van der Waals surface area contributed by atoms with Crippen LogP contribution in [-0.4, -0.2) is 16.1 Å². The summed E-state index contributed by atoms with van der Waals surface area (Å²) < 4.78 is 1.78. The van der Waals surface area contributed by atoms with Gasteiger partial charge in [-0.3, -0.25) is 9.48 Å². The molecule has 0 amide bonds. The molecule has 3 heteroatoms. The van der Waals surface area contributed by atoms with E-state index in [1.807, 2.05) is 38.1 Å². The molecule has 0 atom stereocenters. The Labute approximate surface area is 94.7 Å². The van der Waals surface area contributed by atoms with Crippen LogP contribution in [0.2, 0.25) is 0 Å². The van der Waals surface area contributed by atoms with Gasteiger partial charge >= 0.3 is 0 Å². The largest absolute Gasteiger partial charge is 0.298 e. The van der Waals surface area contributed by atoms with Gasteiger partial charge in [-0.15, -0.1) is 0 Å². The lowest BCUT2D eigenvalue weighted by molar-refractivity contribution is 0.112. The van der Waals surface area contributed by atoms with Crippen LogP contribution in [0, 0.1) is 6.92 Å². The summed E-state index contributed by atoms with van der Waals surface area (Å²) in [5.74, 6) is 0. The van der Waals surface area contributed by atoms with Crippen molar-refractivity contribution in [2.45, 2.75) is 20.4 Å². The highest BCUT2D eigenvalue weighted by Crippen LogP contribution is 2.24. The molecule has 0 spiro atoms. The van der Waals surface area contributed by atoms with E-state index in [0.717, 1.165) is 29.7 Å². The summed E-state index contributed by atoms with van der Waals surface area (Å²) in [4.78, 5) is 11.0. The van der Waals surface area contributed by atoms with Crippen molar-refractivity contribution in [2.24, 2.45) is 0 Å². The second-order valence-electron chi connectivity index (χ2n) is 3.72. The molecule has 0 unspecified atom stereocenters. The Bertz CT molecular complexity index is 514. The Balaban J connectivity index is 2.59. The van der Waals surface area contributed by atoms with Crippen LogP contribution in [0.1, 0.15) is 22.8 Å². The highest BCUT2D eigenvalue weighted by Gasteiger charge is 2.11. The van der Waals surface area contributed by atoms with Gasteiger partial charge in [0.2, 0.25) is 0 Å². The maximum atomic E-state index is 11.0. The molecule has 1 heterocycles. The average molecular weight is 214 g/mol. The molecule has 0 fully saturated rings. The second-order valence-corrected chi connectivity index (χ2v) is 3.72. The molecular formula is C13H14N2O. The molecule has 0 bridgehead atoms. The fourth-order valence-corrected chi connectivity index (χ4v) is 1.73. The van der Waals surface area contributed by atoms with Crippen LogP contribution in [0.3, 0.4) is 0 Å². The zero-order chi connectivity index (χ0) is 11.5. The Morgan fingerprint density at radius 1 is 1.38 bits per heavy atom. The first-order chi connectivity index (χ1) is 7.76. The predicted molar refractivity (Wildman–Crippen MR) is 63.5 cm³/mol. The molecular weight excluding hydrogens is 200 g/mol. The normalized spacial score (nSPS) is 10.4. The van der Waals surface area contributed by atoms with E-state index in [1.54, 1.807) is 10.9 Å². The van der Waals surface area contributed by atoms with Crippen LogP contribution in [0.5, 0.6) is 0 Å². The first-order valence-corrected chi connectivity index (χ1v) is 5.35. The van der Waals surface area contributed by atoms with Gasteiger partial charge in [0.25, 0.3) is 0 Å². The molecule has 2 rings (SSSR count). The average Bonchev–Trinajstić information content (AvgIpc) is 2.72. The van der Waals surface area contributed by atoms with Gasteiger partial charge in [0.1, 0.15) is 5.69 Å². The van der Waals surface area contributed by atoms with Gasteiger partial charge in [-0.1, -0.05) is 24.3 Å². The maximum absolute atomic E-state index is 11.0. The third kappa shape index (κ3) is 1.76. The summed E-state index contributed by atoms with van der Waals surface area (Å²) in [5.41, 5.74) is 3.58. The van der Waals surface area contributed by atoms with Gasteiger partial charge in [-0.25, -0.2) is 0 Å². The van der Waals surface area contributed by atoms with Crippen LogP contribution in [-0.2, 0) is 6.54 Å². The van der Waals surface area contributed by atoms with Gasteiger partial charge in [0.05, 0.1) is 5.56 Å². The fourth-order valence-electron chi connectivity index (χ4n) is 1.73. The number of rotatable bonds is 3. The standard InChI is InChI=1S/C13H14N2O/c1-3-15-8-11(9-16)13(14-15)12-7-5-4-6-10(12)2/h4-9H,3H2,1-2H3. The Morgan fingerprint density at radius 3 is 2.75 bits per heavy atom. The smallest absolute Gasteiger partial charge is 0.153 e. The Hall–Kier alpha value is -1.90. The molecule has 0 saturated carbocycles. The number of hydrogen-bond acceptors (Lipinski definition) is 2. The first kappa shape index (κ1) is 10.6. The number of aryl methyl sites for hydroxylation is 2. The van der Waals surface area contributed by atoms with Crippen molar-refractivity contribution in [1.82, 2.24) is 9.78 Å². The molecule has 0 saturated heterocycles. The van der Waals surface area contributed by atoms with E-state index in [9.17, 15) is 4.79 Å². The highest BCUT2D eigenvalue weighted by molar-refractivity contribution is 5.86. The van der Waals surface area contributed by atoms with E-state index in [1.165, 1.54) is 0 Å². The lowest BCUT2D eigenvalue weighted by atomic mass is 10.0. The molecule has 1 aromatic carbocycles. The first-order valence-electron chi connectivity index (χ1n) is 5.35. The number of carbonyl (C=O) groups is 1. The number of benzene rings is 1. The summed E-state index contributed by atoms with van der Waals surface area (Å²) in [6.07, 6.45) is 2.65. The number of aromatic nitrogens is 2. The van der Waals surface area contributed by atoms with Crippen LogP contribution < -0.4 is 0 Å². The minimum atomic E-state index is 0.649. The summed E-state index contributed by atoms with van der Waals surface area (Å²) in [6.45, 7) is 4.80. The van der Waals surface area contributed by atoms with Crippen molar-refractivity contribution in [1.29, 1.82) is 0 Å². The van der Waals surface area contributed by atoms with Crippen molar-refractivity contribution >= 4 is 6.29 Å². The Kier molecular flexibility index (Phi) is 2.86. The highest BCUT2D eigenvalue weighted by atomic mass is 16.1. The quantitative estimate of drug-likeness (QED) is 0.736. The van der Waals surface area contributed by atoms with Crippen molar-refractivity contribution in [2.75, 3.05) is 0 Å². The molecule has 0 radical (unpaired) electrons. The van der Waals surface area contributed by atoms with Crippen LogP contribution in [0.4, 0.5) is 0 Å². The third-order valence-electron chi connectivity index (χ3n) is 2.64. The predicted octanol–water partition coefficient (Wildman–Crippen LogP) is 2.69. The molecule has 0 aliphatic heterocycles. The zero-order valence-electron chi connectivity index (χ0n) is 9.47. The molecule has 0 N–H and O–H groups in total. The molecule has 0 aliphatic carbocycles. The van der Waals surface area contributed by atoms with E-state index in [0.29, 0.717) is 5.56 Å². The van der Waals surface area contributed by atoms with Crippen LogP contribution in [0.25, 0.3) is 11.3 Å². The monoisotopic (exact) mass is 214 g/mol. The lowest BCUT2D eigenvalue weighted by Gasteiger charge is -2.02. The summed E-state index contributed by atoms with van der Waals surface area (Å²) >= 11 is 0. The van der Waals surface area contributed by atoms with Crippen molar-refractivity contribution in [3.05, 3.63) is 41.6 Å². The van der Waals surface area contributed by atoms with Crippen molar-refractivity contribution < 1.29 is 4.79 Å². The van der Waals surface area contributed by atoms with E-state index < -0.39 is 0 Å². The maximum Gasteiger partial charge on any atom is 0.153 e. The van der Waals surface area contributed by atoms with Crippen molar-refractivity contribution in [3.63, 3.8) is 0 Å². The van der Waals surface area contributed by atoms with Gasteiger partial charge < -0.3 is 0 Å². The topological polar surface area (TPSA) is 34.9 Å². The van der Waals surface area contributed by atoms with E-state index in [2.05, 4.69) is 5.10 Å². The molecule has 3 nitrogen and oxygen atoms in total. The number of aldehydes is 1. The zero-order valence-corrected chi connectivity index (χ0v) is 9.47. The molecule has 1 aromatic heterocycles. The number of hydrogen-bond donors (Lipinski definition) is 0. The van der Waals surface area contributed by atoms with Gasteiger partial charge in [-0.05, 0) is 19.4 Å². The fraction of sp³-hybridized carbons (Fsp3) is 0.231. The van der Waals surface area contributed by atoms with Crippen LogP contribution >= 0.6 is 0 Å². The third-order valence-corrected chi connectivity index (χ3v) is 2.64. The molecule has 16 heavy (non-hydrogen) atoms. The van der Waals surface area contributed by atoms with Gasteiger partial charge in [0, 0.05) is 18.3 Å². The molecule has 82 valence electrons. The number of nitrogens with zero attached hydrogens (tertiary/aromatic N) is 2. The van der Waals surface area contributed by atoms with Crippen molar-refractivity contribution in [3.8, 4) is 11.3 Å². The van der Waals surface area contributed by atoms with E-state index in [-0.39, 0.29) is 0 Å². The summed E-state index contributed by atoms with van der Waals surface area (Å²) in [6, 6.07) is 7.96. The van der Waals surface area contributed by atoms with E-state index in [4.69, 9.17) is 0 Å². The molecule has 0 aliphatic rings. The minimum Gasteiger partial charge on any atom is -0.298 e. The minimum absolute atomic E-state index is 0.649. The molecule has 2 aromatic rings. The second kappa shape index (κ2) is 4.31. The summed E-state index contributed by atoms with van der Waals surface area (Å²) in [5, 5.41) is 4.42. The lowest BCUT2D eigenvalue weighted by Crippen LogP contribution is -1.94. The number of carbonyl (C=O) groups excluding carboxylic acids is 1. The summed E-state index contributed by atoms with van der Waals surface area (Å²) in [7, 11) is 0.